The first-order valence-corrected chi connectivity index (χ1v) is 13.7. The summed E-state index contributed by atoms with van der Waals surface area (Å²) in [5.74, 6) is 0.310. The van der Waals surface area contributed by atoms with Crippen molar-refractivity contribution in [2.75, 3.05) is 19.0 Å². The molecule has 0 aliphatic rings. The van der Waals surface area contributed by atoms with Gasteiger partial charge < -0.3 is 14.8 Å². The molecule has 202 valence electrons. The Balaban J connectivity index is 1.68. The standard InChI is InChI=1S/C28H25Br2FN4O4/c1-3-4-5-25-34-23-11-6-18(29)13-22(23)28(37)35(25)32-15-17-12-19(30)14-24(38-2)27(17)39-16-26(36)33-21-9-7-20(31)8-10-21/h6-15H,3-5,16H2,1-2H3,(H,33,36). The zero-order valence-corrected chi connectivity index (χ0v) is 24.4. The van der Waals surface area contributed by atoms with Gasteiger partial charge in [0.15, 0.2) is 18.1 Å². The van der Waals surface area contributed by atoms with Crippen molar-refractivity contribution in [3.63, 3.8) is 0 Å². The Bertz CT molecular complexity index is 1590. The molecule has 0 saturated carbocycles. The third kappa shape index (κ3) is 7.10. The molecule has 0 saturated heterocycles. The lowest BCUT2D eigenvalue weighted by Gasteiger charge is -2.14. The highest BCUT2D eigenvalue weighted by Gasteiger charge is 2.16. The fourth-order valence-corrected chi connectivity index (χ4v) is 4.60. The Morgan fingerprint density at radius 3 is 2.62 bits per heavy atom. The van der Waals surface area contributed by atoms with Crippen LogP contribution in [-0.2, 0) is 11.2 Å². The van der Waals surface area contributed by atoms with Gasteiger partial charge in [0.25, 0.3) is 11.5 Å². The summed E-state index contributed by atoms with van der Waals surface area (Å²) >= 11 is 6.87. The minimum absolute atomic E-state index is 0.262. The first-order valence-electron chi connectivity index (χ1n) is 12.1. The van der Waals surface area contributed by atoms with E-state index in [1.54, 1.807) is 24.3 Å². The van der Waals surface area contributed by atoms with Crippen molar-refractivity contribution >= 4 is 60.6 Å². The Morgan fingerprint density at radius 1 is 1.13 bits per heavy atom. The fraction of sp³-hybridized carbons (Fsp3) is 0.214. The normalized spacial score (nSPS) is 11.2. The molecule has 0 spiro atoms. The van der Waals surface area contributed by atoms with Gasteiger partial charge in [0, 0.05) is 26.6 Å². The zero-order valence-electron chi connectivity index (χ0n) is 21.2. The van der Waals surface area contributed by atoms with Gasteiger partial charge in [-0.1, -0.05) is 45.2 Å². The topological polar surface area (TPSA) is 94.8 Å². The molecule has 4 aromatic rings. The van der Waals surface area contributed by atoms with Gasteiger partial charge in [0.2, 0.25) is 0 Å². The summed E-state index contributed by atoms with van der Waals surface area (Å²) in [6.07, 6.45) is 3.82. The van der Waals surface area contributed by atoms with Crippen LogP contribution < -0.4 is 20.3 Å². The van der Waals surface area contributed by atoms with E-state index in [9.17, 15) is 14.0 Å². The van der Waals surface area contributed by atoms with E-state index in [-0.39, 0.29) is 17.9 Å². The molecule has 1 N–H and O–H groups in total. The largest absolute Gasteiger partial charge is 0.493 e. The summed E-state index contributed by atoms with van der Waals surface area (Å²) in [5, 5.41) is 7.58. The van der Waals surface area contributed by atoms with Gasteiger partial charge in [-0.2, -0.15) is 9.78 Å². The van der Waals surface area contributed by atoms with Gasteiger partial charge in [-0.05, 0) is 61.0 Å². The number of nitrogens with zero attached hydrogens (tertiary/aromatic N) is 3. The molecule has 8 nitrogen and oxygen atoms in total. The minimum atomic E-state index is -0.447. The maximum Gasteiger partial charge on any atom is 0.282 e. The molecule has 0 atom stereocenters. The number of halogens is 3. The summed E-state index contributed by atoms with van der Waals surface area (Å²) in [6.45, 7) is 1.72. The minimum Gasteiger partial charge on any atom is -0.493 e. The molecule has 3 aromatic carbocycles. The van der Waals surface area contributed by atoms with E-state index in [4.69, 9.17) is 14.5 Å². The molecule has 0 unspecified atom stereocenters. The number of anilines is 1. The van der Waals surface area contributed by atoms with E-state index < -0.39 is 11.7 Å². The second-order valence-corrected chi connectivity index (χ2v) is 10.4. The van der Waals surface area contributed by atoms with Crippen molar-refractivity contribution in [1.82, 2.24) is 9.66 Å². The van der Waals surface area contributed by atoms with Gasteiger partial charge in [-0.3, -0.25) is 9.59 Å². The van der Waals surface area contributed by atoms with Crippen molar-refractivity contribution < 1.29 is 18.7 Å². The lowest BCUT2D eigenvalue weighted by Crippen LogP contribution is -2.23. The van der Waals surface area contributed by atoms with Crippen LogP contribution in [0.15, 0.2) is 73.4 Å². The molecule has 1 heterocycles. The highest BCUT2D eigenvalue weighted by molar-refractivity contribution is 9.10. The van der Waals surface area contributed by atoms with Crippen LogP contribution in [0.5, 0.6) is 11.5 Å². The zero-order chi connectivity index (χ0) is 27.9. The fourth-order valence-electron chi connectivity index (χ4n) is 3.79. The maximum absolute atomic E-state index is 13.4. The molecule has 0 fully saturated rings. The van der Waals surface area contributed by atoms with Crippen LogP contribution in [0.2, 0.25) is 0 Å². The van der Waals surface area contributed by atoms with Gasteiger partial charge in [-0.25, -0.2) is 9.37 Å². The molecule has 1 aromatic heterocycles. The molecule has 0 bridgehead atoms. The van der Waals surface area contributed by atoms with Crippen molar-refractivity contribution in [3.8, 4) is 11.5 Å². The number of aryl methyl sites for hydroxylation is 1. The molecule has 0 aliphatic carbocycles. The smallest absolute Gasteiger partial charge is 0.282 e. The van der Waals surface area contributed by atoms with Gasteiger partial charge in [0.05, 0.1) is 24.2 Å². The van der Waals surface area contributed by atoms with Gasteiger partial charge in [0.1, 0.15) is 11.6 Å². The quantitative estimate of drug-likeness (QED) is 0.201. The number of aromatic nitrogens is 2. The summed E-state index contributed by atoms with van der Waals surface area (Å²) < 4.78 is 27.2. The average Bonchev–Trinajstić information content (AvgIpc) is 2.92. The highest BCUT2D eigenvalue weighted by atomic mass is 79.9. The molecule has 11 heteroatoms. The van der Waals surface area contributed by atoms with E-state index in [1.165, 1.54) is 42.3 Å². The lowest BCUT2D eigenvalue weighted by molar-refractivity contribution is -0.118. The number of benzene rings is 3. The number of amides is 1. The molecular weight excluding hydrogens is 635 g/mol. The molecule has 39 heavy (non-hydrogen) atoms. The monoisotopic (exact) mass is 658 g/mol. The van der Waals surface area contributed by atoms with Crippen LogP contribution in [0.1, 0.15) is 31.2 Å². The van der Waals surface area contributed by atoms with Crippen LogP contribution in [0.3, 0.4) is 0 Å². The van der Waals surface area contributed by atoms with E-state index in [1.807, 2.05) is 6.07 Å². The SMILES string of the molecule is CCCCc1nc2ccc(Br)cc2c(=O)n1N=Cc1cc(Br)cc(OC)c1OCC(=O)Nc1ccc(F)cc1. The lowest BCUT2D eigenvalue weighted by atomic mass is 10.2. The number of methoxy groups -OCH3 is 1. The number of hydrogen-bond donors (Lipinski definition) is 1. The van der Waals surface area contributed by atoms with Crippen molar-refractivity contribution in [3.05, 3.63) is 91.1 Å². The Morgan fingerprint density at radius 2 is 1.90 bits per heavy atom. The summed E-state index contributed by atoms with van der Waals surface area (Å²) in [7, 11) is 1.48. The van der Waals surface area contributed by atoms with Crippen LogP contribution in [0.25, 0.3) is 10.9 Å². The van der Waals surface area contributed by atoms with Crippen LogP contribution in [0, 0.1) is 5.82 Å². The Labute approximate surface area is 241 Å². The molecule has 0 radical (unpaired) electrons. The summed E-state index contributed by atoms with van der Waals surface area (Å²) in [6, 6.07) is 14.2. The third-order valence-corrected chi connectivity index (χ3v) is 6.64. The number of hydrogen-bond acceptors (Lipinski definition) is 6. The molecule has 1 amide bonds. The number of rotatable bonds is 10. The average molecular weight is 660 g/mol. The van der Waals surface area contributed by atoms with Gasteiger partial charge >= 0.3 is 0 Å². The third-order valence-electron chi connectivity index (χ3n) is 5.69. The highest BCUT2D eigenvalue weighted by Crippen LogP contribution is 2.34. The maximum atomic E-state index is 13.4. The summed E-state index contributed by atoms with van der Waals surface area (Å²) in [5.41, 5.74) is 1.20. The van der Waals surface area contributed by atoms with Crippen LogP contribution in [-0.4, -0.2) is 35.5 Å². The second-order valence-electron chi connectivity index (χ2n) is 8.52. The van der Waals surface area contributed by atoms with Gasteiger partial charge in [-0.15, -0.1) is 0 Å². The van der Waals surface area contributed by atoms with Crippen LogP contribution >= 0.6 is 31.9 Å². The Kier molecular flexibility index (Phi) is 9.47. The van der Waals surface area contributed by atoms with Crippen molar-refractivity contribution in [1.29, 1.82) is 0 Å². The molecule has 4 rings (SSSR count). The Hall–Kier alpha value is -3.57. The number of carbonyl (C=O) groups excluding carboxylic acids is 1. The number of unbranched alkanes of at least 4 members (excludes halogenated alkanes) is 1. The number of nitrogens with one attached hydrogen (secondary N) is 1. The predicted molar refractivity (Wildman–Crippen MR) is 157 cm³/mol. The number of fused-ring (bicyclic) bond motifs is 1. The van der Waals surface area contributed by atoms with E-state index in [0.717, 1.165) is 17.3 Å². The second kappa shape index (κ2) is 13.0. The molecular formula is C28H25Br2FN4O4. The van der Waals surface area contributed by atoms with Crippen LogP contribution in [0.4, 0.5) is 10.1 Å². The summed E-state index contributed by atoms with van der Waals surface area (Å²) in [4.78, 5) is 30.6. The first-order chi connectivity index (χ1) is 18.8. The molecule has 0 aliphatic heterocycles. The van der Waals surface area contributed by atoms with E-state index in [2.05, 4.69) is 49.2 Å². The van der Waals surface area contributed by atoms with E-state index >= 15 is 0 Å². The number of carbonyl (C=O) groups is 1. The van der Waals surface area contributed by atoms with Crippen molar-refractivity contribution in [2.24, 2.45) is 5.10 Å². The predicted octanol–water partition coefficient (Wildman–Crippen LogP) is 6.31. The number of ether oxygens (including phenoxy) is 2. The van der Waals surface area contributed by atoms with E-state index in [0.29, 0.717) is 44.6 Å². The first kappa shape index (κ1) is 28.4. The van der Waals surface area contributed by atoms with Crippen molar-refractivity contribution in [2.45, 2.75) is 26.2 Å².